The Morgan fingerprint density at radius 1 is 1.07 bits per heavy atom. The van der Waals surface area contributed by atoms with Crippen LogP contribution >= 0.6 is 35.4 Å². The lowest BCUT2D eigenvalue weighted by Gasteiger charge is -2.39. The van der Waals surface area contributed by atoms with E-state index in [9.17, 15) is 4.39 Å². The third kappa shape index (κ3) is 3.68. The standard InChI is InChI=1S/C20H16Cl2FN3S/c21-13-3-8-16(17(22)12-13)19-18-2-1-9-25(18)10-11-26(19)20(27)24-15-6-4-14(23)5-7-15/h1-9,12,19H,10-11H2,(H,24,27)/t19-/m1/s1. The number of rotatable bonds is 2. The van der Waals surface area contributed by atoms with Crippen LogP contribution in [0.3, 0.4) is 0 Å². The van der Waals surface area contributed by atoms with Gasteiger partial charge in [0.15, 0.2) is 5.11 Å². The maximum atomic E-state index is 13.2. The molecule has 0 saturated heterocycles. The van der Waals surface area contributed by atoms with Crippen molar-refractivity contribution in [3.8, 4) is 0 Å². The van der Waals surface area contributed by atoms with Crippen LogP contribution in [0.2, 0.25) is 10.0 Å². The molecule has 0 bridgehead atoms. The van der Waals surface area contributed by atoms with E-state index in [4.69, 9.17) is 35.4 Å². The highest BCUT2D eigenvalue weighted by Gasteiger charge is 2.32. The molecule has 0 saturated carbocycles. The molecule has 27 heavy (non-hydrogen) atoms. The Balaban J connectivity index is 1.70. The van der Waals surface area contributed by atoms with Crippen LogP contribution in [0.15, 0.2) is 60.8 Å². The van der Waals surface area contributed by atoms with Crippen LogP contribution < -0.4 is 5.32 Å². The fraction of sp³-hybridized carbons (Fsp3) is 0.150. The van der Waals surface area contributed by atoms with E-state index in [1.54, 1.807) is 18.2 Å². The molecular weight excluding hydrogens is 404 g/mol. The van der Waals surface area contributed by atoms with E-state index in [0.29, 0.717) is 15.2 Å². The largest absolute Gasteiger partial charge is 0.348 e. The third-order valence-electron chi connectivity index (χ3n) is 4.65. The first-order valence-electron chi connectivity index (χ1n) is 8.46. The molecule has 138 valence electrons. The Labute approximate surface area is 172 Å². The summed E-state index contributed by atoms with van der Waals surface area (Å²) in [5.74, 6) is -0.284. The van der Waals surface area contributed by atoms with Crippen molar-refractivity contribution in [2.45, 2.75) is 12.6 Å². The minimum absolute atomic E-state index is 0.140. The van der Waals surface area contributed by atoms with E-state index in [2.05, 4.69) is 27.0 Å². The zero-order valence-corrected chi connectivity index (χ0v) is 16.5. The molecule has 1 aliphatic heterocycles. The molecule has 2 aromatic carbocycles. The van der Waals surface area contributed by atoms with Gasteiger partial charge in [0.1, 0.15) is 5.82 Å². The van der Waals surface area contributed by atoms with Crippen LogP contribution in [0.25, 0.3) is 0 Å². The van der Waals surface area contributed by atoms with E-state index in [-0.39, 0.29) is 11.9 Å². The first-order valence-corrected chi connectivity index (χ1v) is 9.62. The van der Waals surface area contributed by atoms with E-state index >= 15 is 0 Å². The Kier molecular flexibility index (Phi) is 5.08. The van der Waals surface area contributed by atoms with Crippen molar-refractivity contribution in [3.63, 3.8) is 0 Å². The lowest BCUT2D eigenvalue weighted by Crippen LogP contribution is -2.44. The van der Waals surface area contributed by atoms with E-state index in [1.807, 2.05) is 18.2 Å². The summed E-state index contributed by atoms with van der Waals surface area (Å²) in [5.41, 5.74) is 2.78. The van der Waals surface area contributed by atoms with Gasteiger partial charge in [0.2, 0.25) is 0 Å². The number of nitrogens with zero attached hydrogens (tertiary/aromatic N) is 2. The average Bonchev–Trinajstić information content (AvgIpc) is 3.12. The number of halogens is 3. The number of hydrogen-bond acceptors (Lipinski definition) is 1. The fourth-order valence-corrected chi connectivity index (χ4v) is 4.21. The Bertz CT molecular complexity index is 987. The van der Waals surface area contributed by atoms with Gasteiger partial charge in [-0.2, -0.15) is 0 Å². The second-order valence-corrected chi connectivity index (χ2v) is 7.56. The van der Waals surface area contributed by atoms with Crippen molar-refractivity contribution in [3.05, 3.63) is 87.9 Å². The predicted octanol–water partition coefficient (Wildman–Crippen LogP) is 5.74. The van der Waals surface area contributed by atoms with E-state index in [1.165, 1.54) is 12.1 Å². The number of hydrogen-bond donors (Lipinski definition) is 1. The van der Waals surface area contributed by atoms with Crippen LogP contribution in [-0.2, 0) is 6.54 Å². The molecule has 4 rings (SSSR count). The Morgan fingerprint density at radius 3 is 2.59 bits per heavy atom. The van der Waals surface area contributed by atoms with Crippen LogP contribution in [0.4, 0.5) is 10.1 Å². The third-order valence-corrected chi connectivity index (χ3v) is 5.55. The zero-order chi connectivity index (χ0) is 19.0. The average molecular weight is 420 g/mol. The van der Waals surface area contributed by atoms with Crippen molar-refractivity contribution in [1.29, 1.82) is 0 Å². The molecule has 1 aromatic heterocycles. The first kappa shape index (κ1) is 18.3. The molecular formula is C20H16Cl2FN3S. The highest BCUT2D eigenvalue weighted by molar-refractivity contribution is 7.80. The molecule has 0 fully saturated rings. The smallest absolute Gasteiger partial charge is 0.174 e. The first-order chi connectivity index (χ1) is 13.0. The molecule has 0 spiro atoms. The molecule has 1 aliphatic rings. The van der Waals surface area contributed by atoms with Gasteiger partial charge in [-0.15, -0.1) is 0 Å². The molecule has 3 aromatic rings. The van der Waals surface area contributed by atoms with Crippen molar-refractivity contribution in [1.82, 2.24) is 9.47 Å². The summed E-state index contributed by atoms with van der Waals surface area (Å²) >= 11 is 18.3. The summed E-state index contributed by atoms with van der Waals surface area (Å²) in [5, 5.41) is 4.95. The SMILES string of the molecule is Fc1ccc(NC(=S)N2CCn3cccc3[C@H]2c2ccc(Cl)cc2Cl)cc1. The summed E-state index contributed by atoms with van der Waals surface area (Å²) in [6.07, 6.45) is 2.06. The van der Waals surface area contributed by atoms with Gasteiger partial charge in [-0.3, -0.25) is 0 Å². The molecule has 0 amide bonds. The quantitative estimate of drug-likeness (QED) is 0.535. The summed E-state index contributed by atoms with van der Waals surface area (Å²) < 4.78 is 15.4. The van der Waals surface area contributed by atoms with Gasteiger partial charge in [0, 0.05) is 40.7 Å². The molecule has 0 unspecified atom stereocenters. The lowest BCUT2D eigenvalue weighted by molar-refractivity contribution is 0.293. The number of anilines is 1. The molecule has 0 radical (unpaired) electrons. The summed E-state index contributed by atoms with van der Waals surface area (Å²) in [6.45, 7) is 1.54. The van der Waals surface area contributed by atoms with Crippen molar-refractivity contribution in [2.75, 3.05) is 11.9 Å². The van der Waals surface area contributed by atoms with Crippen molar-refractivity contribution in [2.24, 2.45) is 0 Å². The molecule has 7 heteroatoms. The van der Waals surface area contributed by atoms with Gasteiger partial charge in [0.25, 0.3) is 0 Å². The number of fused-ring (bicyclic) bond motifs is 1. The van der Waals surface area contributed by atoms with E-state index in [0.717, 1.165) is 30.0 Å². The zero-order valence-electron chi connectivity index (χ0n) is 14.2. The number of aromatic nitrogens is 1. The highest BCUT2D eigenvalue weighted by Crippen LogP contribution is 2.37. The van der Waals surface area contributed by atoms with Gasteiger partial charge in [-0.05, 0) is 66.3 Å². The van der Waals surface area contributed by atoms with Gasteiger partial charge in [-0.25, -0.2) is 4.39 Å². The van der Waals surface area contributed by atoms with Crippen molar-refractivity contribution >= 4 is 46.2 Å². The number of benzene rings is 2. The summed E-state index contributed by atoms with van der Waals surface area (Å²) in [7, 11) is 0. The molecule has 1 N–H and O–H groups in total. The molecule has 1 atom stereocenters. The molecule has 0 aliphatic carbocycles. The fourth-order valence-electron chi connectivity index (χ4n) is 3.38. The molecule has 2 heterocycles. The van der Waals surface area contributed by atoms with Crippen molar-refractivity contribution < 1.29 is 4.39 Å². The maximum absolute atomic E-state index is 13.2. The van der Waals surface area contributed by atoms with Gasteiger partial charge < -0.3 is 14.8 Å². The van der Waals surface area contributed by atoms with E-state index < -0.39 is 0 Å². The summed E-state index contributed by atoms with van der Waals surface area (Å²) in [6, 6.07) is 15.6. The summed E-state index contributed by atoms with van der Waals surface area (Å²) in [4.78, 5) is 2.10. The van der Waals surface area contributed by atoms with Crippen LogP contribution in [0.5, 0.6) is 0 Å². The second kappa shape index (κ2) is 7.50. The maximum Gasteiger partial charge on any atom is 0.174 e. The van der Waals surface area contributed by atoms with Gasteiger partial charge in [0.05, 0.1) is 6.04 Å². The Hall–Kier alpha value is -2.08. The van der Waals surface area contributed by atoms with Crippen LogP contribution in [0.1, 0.15) is 17.3 Å². The Morgan fingerprint density at radius 2 is 1.85 bits per heavy atom. The van der Waals surface area contributed by atoms with Crippen LogP contribution in [0, 0.1) is 5.82 Å². The molecule has 3 nitrogen and oxygen atoms in total. The normalized spacial score (nSPS) is 16.1. The van der Waals surface area contributed by atoms with Gasteiger partial charge in [-0.1, -0.05) is 29.3 Å². The number of nitrogens with one attached hydrogen (secondary N) is 1. The predicted molar refractivity (Wildman–Crippen MR) is 112 cm³/mol. The number of thiocarbonyl (C=S) groups is 1. The van der Waals surface area contributed by atoms with Gasteiger partial charge >= 0.3 is 0 Å². The lowest BCUT2D eigenvalue weighted by atomic mass is 10.00. The monoisotopic (exact) mass is 419 g/mol. The minimum Gasteiger partial charge on any atom is -0.348 e. The minimum atomic E-state index is -0.284. The topological polar surface area (TPSA) is 20.2 Å². The second-order valence-electron chi connectivity index (χ2n) is 6.33. The highest BCUT2D eigenvalue weighted by atomic mass is 35.5. The van der Waals surface area contributed by atoms with Crippen LogP contribution in [-0.4, -0.2) is 21.1 Å².